The van der Waals surface area contributed by atoms with Gasteiger partial charge in [-0.05, 0) is 30.9 Å². The summed E-state index contributed by atoms with van der Waals surface area (Å²) in [6, 6.07) is 3.92. The molecule has 0 saturated heterocycles. The molecule has 0 aliphatic heterocycles. The van der Waals surface area contributed by atoms with E-state index in [0.717, 1.165) is 11.4 Å². The molecule has 1 fully saturated rings. The predicted octanol–water partition coefficient (Wildman–Crippen LogP) is 1.78. The van der Waals surface area contributed by atoms with Crippen molar-refractivity contribution in [3.8, 4) is 5.75 Å². The third-order valence-electron chi connectivity index (χ3n) is 3.37. The van der Waals surface area contributed by atoms with Crippen molar-refractivity contribution in [2.45, 2.75) is 31.7 Å². The molecule has 1 aromatic heterocycles. The third-order valence-corrected chi connectivity index (χ3v) is 3.37. The summed E-state index contributed by atoms with van der Waals surface area (Å²) in [4.78, 5) is 4.40. The summed E-state index contributed by atoms with van der Waals surface area (Å²) < 4.78 is 5.33. The molecule has 1 saturated carbocycles. The van der Waals surface area contributed by atoms with Crippen LogP contribution in [0.25, 0.3) is 0 Å². The van der Waals surface area contributed by atoms with Crippen molar-refractivity contribution in [3.05, 3.63) is 24.0 Å². The van der Waals surface area contributed by atoms with Crippen molar-refractivity contribution in [3.63, 3.8) is 0 Å². The predicted molar refractivity (Wildman–Crippen MR) is 62.8 cm³/mol. The van der Waals surface area contributed by atoms with Crippen molar-refractivity contribution in [1.82, 2.24) is 10.4 Å². The standard InChI is InChI=1S/C12H19N3O/c1-16-10-7-4-8-14-12(10)11(15-13)9-5-2-3-6-9/h4,7-9,11,15H,2-3,5-6,13H2,1H3. The molecular formula is C12H19N3O. The molecule has 1 aliphatic carbocycles. The monoisotopic (exact) mass is 221 g/mol. The van der Waals surface area contributed by atoms with Gasteiger partial charge in [-0.2, -0.15) is 0 Å². The van der Waals surface area contributed by atoms with Gasteiger partial charge in [-0.3, -0.25) is 16.3 Å². The summed E-state index contributed by atoms with van der Waals surface area (Å²) >= 11 is 0. The molecule has 0 aromatic carbocycles. The van der Waals surface area contributed by atoms with Gasteiger partial charge < -0.3 is 4.74 Å². The Bertz CT molecular complexity index is 337. The number of nitrogens with two attached hydrogens (primary N) is 1. The van der Waals surface area contributed by atoms with Crippen molar-refractivity contribution in [1.29, 1.82) is 0 Å². The van der Waals surface area contributed by atoms with E-state index in [1.807, 2.05) is 12.1 Å². The normalized spacial score (nSPS) is 18.6. The minimum Gasteiger partial charge on any atom is -0.495 e. The van der Waals surface area contributed by atoms with E-state index in [4.69, 9.17) is 10.6 Å². The van der Waals surface area contributed by atoms with Gasteiger partial charge in [0.25, 0.3) is 0 Å². The lowest BCUT2D eigenvalue weighted by Crippen LogP contribution is -2.33. The van der Waals surface area contributed by atoms with Crippen LogP contribution in [0.5, 0.6) is 5.75 Å². The van der Waals surface area contributed by atoms with Crippen LogP contribution < -0.4 is 16.0 Å². The third kappa shape index (κ3) is 2.18. The second kappa shape index (κ2) is 5.27. The Hall–Kier alpha value is -1.13. The van der Waals surface area contributed by atoms with Crippen molar-refractivity contribution >= 4 is 0 Å². The van der Waals surface area contributed by atoms with Gasteiger partial charge in [0.2, 0.25) is 0 Å². The van der Waals surface area contributed by atoms with Gasteiger partial charge >= 0.3 is 0 Å². The number of aromatic nitrogens is 1. The summed E-state index contributed by atoms with van der Waals surface area (Å²) in [5.41, 5.74) is 3.82. The van der Waals surface area contributed by atoms with Gasteiger partial charge in [0, 0.05) is 6.20 Å². The highest BCUT2D eigenvalue weighted by Gasteiger charge is 2.28. The molecular weight excluding hydrogens is 202 g/mol. The highest BCUT2D eigenvalue weighted by molar-refractivity contribution is 5.30. The molecule has 1 aliphatic rings. The van der Waals surface area contributed by atoms with Crippen LogP contribution in [0.3, 0.4) is 0 Å². The molecule has 1 unspecified atom stereocenters. The highest BCUT2D eigenvalue weighted by atomic mass is 16.5. The zero-order chi connectivity index (χ0) is 11.4. The average molecular weight is 221 g/mol. The summed E-state index contributed by atoms with van der Waals surface area (Å²) in [6.45, 7) is 0. The molecule has 0 bridgehead atoms. The molecule has 0 radical (unpaired) electrons. The highest BCUT2D eigenvalue weighted by Crippen LogP contribution is 2.37. The molecule has 3 N–H and O–H groups in total. The zero-order valence-electron chi connectivity index (χ0n) is 9.65. The minimum atomic E-state index is 0.110. The van der Waals surface area contributed by atoms with Crippen LogP contribution in [-0.4, -0.2) is 12.1 Å². The fourth-order valence-electron chi connectivity index (χ4n) is 2.54. The molecule has 1 atom stereocenters. The van der Waals surface area contributed by atoms with Gasteiger partial charge in [0.1, 0.15) is 11.4 Å². The lowest BCUT2D eigenvalue weighted by Gasteiger charge is -2.23. The molecule has 16 heavy (non-hydrogen) atoms. The zero-order valence-corrected chi connectivity index (χ0v) is 9.65. The first-order chi connectivity index (χ1) is 7.86. The Kier molecular flexibility index (Phi) is 3.74. The van der Waals surface area contributed by atoms with Crippen molar-refractivity contribution < 1.29 is 4.74 Å². The van der Waals surface area contributed by atoms with Crippen LogP contribution in [0.2, 0.25) is 0 Å². The lowest BCUT2D eigenvalue weighted by molar-refractivity contribution is 0.340. The van der Waals surface area contributed by atoms with E-state index < -0.39 is 0 Å². The van der Waals surface area contributed by atoms with Crippen LogP contribution in [0.4, 0.5) is 0 Å². The number of nitrogens with zero attached hydrogens (tertiary/aromatic N) is 1. The van der Waals surface area contributed by atoms with E-state index in [0.29, 0.717) is 5.92 Å². The second-order valence-corrected chi connectivity index (χ2v) is 4.28. The first-order valence-corrected chi connectivity index (χ1v) is 5.82. The first kappa shape index (κ1) is 11.4. The maximum atomic E-state index is 5.66. The van der Waals surface area contributed by atoms with Gasteiger partial charge in [-0.25, -0.2) is 0 Å². The number of hydrogen-bond acceptors (Lipinski definition) is 4. The van der Waals surface area contributed by atoms with E-state index in [-0.39, 0.29) is 6.04 Å². The van der Waals surface area contributed by atoms with Crippen LogP contribution in [0.15, 0.2) is 18.3 Å². The van der Waals surface area contributed by atoms with E-state index in [2.05, 4.69) is 10.4 Å². The molecule has 2 rings (SSSR count). The van der Waals surface area contributed by atoms with Gasteiger partial charge in [0.05, 0.1) is 13.2 Å². The Morgan fingerprint density at radius 2 is 2.25 bits per heavy atom. The number of rotatable bonds is 4. The first-order valence-electron chi connectivity index (χ1n) is 5.82. The van der Waals surface area contributed by atoms with Crippen molar-refractivity contribution in [2.24, 2.45) is 11.8 Å². The Morgan fingerprint density at radius 3 is 2.88 bits per heavy atom. The van der Waals surface area contributed by atoms with Crippen LogP contribution >= 0.6 is 0 Å². The number of nitrogens with one attached hydrogen (secondary N) is 1. The molecule has 88 valence electrons. The fraction of sp³-hybridized carbons (Fsp3) is 0.583. The number of ether oxygens (including phenoxy) is 1. The molecule has 4 heteroatoms. The van der Waals surface area contributed by atoms with Crippen LogP contribution in [0, 0.1) is 5.92 Å². The van der Waals surface area contributed by atoms with Gasteiger partial charge in [0.15, 0.2) is 0 Å². The Labute approximate surface area is 96.2 Å². The smallest absolute Gasteiger partial charge is 0.142 e. The molecule has 0 spiro atoms. The number of hydrogen-bond donors (Lipinski definition) is 2. The molecule has 4 nitrogen and oxygen atoms in total. The summed E-state index contributed by atoms with van der Waals surface area (Å²) in [7, 11) is 1.67. The molecule has 1 heterocycles. The van der Waals surface area contributed by atoms with E-state index >= 15 is 0 Å². The maximum absolute atomic E-state index is 5.66. The van der Waals surface area contributed by atoms with E-state index in [1.165, 1.54) is 25.7 Å². The average Bonchev–Trinajstić information content (AvgIpc) is 2.84. The van der Waals surface area contributed by atoms with Gasteiger partial charge in [-0.15, -0.1) is 0 Å². The Balaban J connectivity index is 2.24. The molecule has 1 aromatic rings. The summed E-state index contributed by atoms with van der Waals surface area (Å²) in [5, 5.41) is 0. The SMILES string of the molecule is COc1cccnc1C(NN)C1CCCC1. The van der Waals surface area contributed by atoms with Gasteiger partial charge in [-0.1, -0.05) is 12.8 Å². The van der Waals surface area contributed by atoms with E-state index in [1.54, 1.807) is 13.3 Å². The quantitative estimate of drug-likeness (QED) is 0.601. The Morgan fingerprint density at radius 1 is 1.50 bits per heavy atom. The maximum Gasteiger partial charge on any atom is 0.142 e. The minimum absolute atomic E-state index is 0.110. The largest absolute Gasteiger partial charge is 0.495 e. The second-order valence-electron chi connectivity index (χ2n) is 4.28. The fourth-order valence-corrected chi connectivity index (χ4v) is 2.54. The summed E-state index contributed by atoms with van der Waals surface area (Å²) in [6.07, 6.45) is 6.80. The topological polar surface area (TPSA) is 60.2 Å². The lowest BCUT2D eigenvalue weighted by atomic mass is 9.95. The van der Waals surface area contributed by atoms with Crippen molar-refractivity contribution in [2.75, 3.05) is 7.11 Å². The number of methoxy groups -OCH3 is 1. The van der Waals surface area contributed by atoms with Crippen LogP contribution in [0.1, 0.15) is 37.4 Å². The molecule has 0 amide bonds. The van der Waals surface area contributed by atoms with E-state index in [9.17, 15) is 0 Å². The number of hydrazine groups is 1. The summed E-state index contributed by atoms with van der Waals surface area (Å²) in [5.74, 6) is 7.06. The number of pyridine rings is 1. The van der Waals surface area contributed by atoms with Crippen LogP contribution in [-0.2, 0) is 0 Å².